The van der Waals surface area contributed by atoms with E-state index in [1.807, 2.05) is 38.4 Å². The number of hydrogen-bond donors (Lipinski definition) is 2. The Bertz CT molecular complexity index is 1160. The van der Waals surface area contributed by atoms with E-state index in [4.69, 9.17) is 25.8 Å². The lowest BCUT2D eigenvalue weighted by molar-refractivity contribution is 0.258. The number of benzene rings is 2. The molecule has 0 fully saturated rings. The van der Waals surface area contributed by atoms with Crippen molar-refractivity contribution in [1.82, 2.24) is 14.9 Å². The highest BCUT2D eigenvalue weighted by atomic mass is 35.5. The molecule has 0 radical (unpaired) electrons. The first kappa shape index (κ1) is 26.8. The number of amides is 2. The first-order chi connectivity index (χ1) is 17.2. The molecule has 2 N–H and O–H groups in total. The molecule has 2 aromatic carbocycles. The number of nitrogens with one attached hydrogen (secondary N) is 2. The molecular formula is C25H31ClN6O4. The summed E-state index contributed by atoms with van der Waals surface area (Å²) in [7, 11) is 8.63. The smallest absolute Gasteiger partial charge is 0.327 e. The van der Waals surface area contributed by atoms with Crippen molar-refractivity contribution in [3.8, 4) is 17.2 Å². The van der Waals surface area contributed by atoms with Crippen LogP contribution in [-0.2, 0) is 0 Å². The zero-order chi connectivity index (χ0) is 26.2. The Balaban J connectivity index is 1.70. The van der Waals surface area contributed by atoms with Gasteiger partial charge in [0.05, 0.1) is 19.9 Å². The molecule has 0 aliphatic heterocycles. The van der Waals surface area contributed by atoms with Crippen LogP contribution in [0.15, 0.2) is 42.7 Å². The van der Waals surface area contributed by atoms with Gasteiger partial charge in [0.1, 0.15) is 46.8 Å². The van der Waals surface area contributed by atoms with Crippen molar-refractivity contribution in [2.24, 2.45) is 0 Å². The fraction of sp³-hybridized carbons (Fsp3) is 0.320. The molecule has 1 aromatic heterocycles. The second kappa shape index (κ2) is 12.3. The van der Waals surface area contributed by atoms with Crippen molar-refractivity contribution < 1.29 is 19.0 Å². The van der Waals surface area contributed by atoms with E-state index in [9.17, 15) is 4.79 Å². The van der Waals surface area contributed by atoms with Crippen LogP contribution in [0.3, 0.4) is 0 Å². The minimum Gasteiger partial charge on any atom is -0.496 e. The Hall–Kier alpha value is -3.76. The Labute approximate surface area is 216 Å². The molecule has 1 heterocycles. The van der Waals surface area contributed by atoms with Gasteiger partial charge in [-0.2, -0.15) is 0 Å². The maximum Gasteiger partial charge on any atom is 0.327 e. The molecule has 0 aliphatic carbocycles. The van der Waals surface area contributed by atoms with Crippen LogP contribution in [0.1, 0.15) is 5.56 Å². The van der Waals surface area contributed by atoms with Gasteiger partial charge in [-0.1, -0.05) is 11.6 Å². The van der Waals surface area contributed by atoms with Crippen LogP contribution in [-0.4, -0.2) is 69.4 Å². The van der Waals surface area contributed by atoms with Crippen molar-refractivity contribution >= 4 is 40.6 Å². The minimum atomic E-state index is -0.445. The molecule has 0 atom stereocenters. The molecule has 10 nitrogen and oxygen atoms in total. The number of rotatable bonds is 10. The molecule has 0 bridgehead atoms. The molecule has 3 aromatic rings. The first-order valence-corrected chi connectivity index (χ1v) is 11.5. The number of ether oxygens (including phenoxy) is 3. The number of nitrogens with zero attached hydrogens (tertiary/aromatic N) is 4. The van der Waals surface area contributed by atoms with Crippen molar-refractivity contribution in [3.05, 3.63) is 53.3 Å². The highest BCUT2D eigenvalue weighted by Gasteiger charge is 2.20. The third-order valence-corrected chi connectivity index (χ3v) is 5.72. The standard InChI is InChI=1S/C25H31ClN6O4/c1-16-19(34-5)13-20(35-6)23(26)24(16)30-25(33)32(4)22-14-21(27-15-28-22)29-17-7-9-18(10-8-17)36-12-11-31(2)3/h7-10,13-15H,11-12H2,1-6H3,(H,30,33)(H,27,28,29). The van der Waals surface area contributed by atoms with Gasteiger partial charge in [-0.3, -0.25) is 4.90 Å². The molecule has 36 heavy (non-hydrogen) atoms. The lowest BCUT2D eigenvalue weighted by atomic mass is 10.1. The average Bonchev–Trinajstić information content (AvgIpc) is 2.87. The molecule has 11 heteroatoms. The monoisotopic (exact) mass is 514 g/mol. The molecule has 192 valence electrons. The average molecular weight is 515 g/mol. The number of hydrogen-bond acceptors (Lipinski definition) is 8. The van der Waals surface area contributed by atoms with Crippen LogP contribution in [0.25, 0.3) is 0 Å². The van der Waals surface area contributed by atoms with Crippen LogP contribution in [0, 0.1) is 6.92 Å². The van der Waals surface area contributed by atoms with Gasteiger partial charge in [0, 0.05) is 37.0 Å². The van der Waals surface area contributed by atoms with E-state index in [-0.39, 0.29) is 5.02 Å². The van der Waals surface area contributed by atoms with E-state index < -0.39 is 6.03 Å². The lowest BCUT2D eigenvalue weighted by Crippen LogP contribution is -2.32. The third kappa shape index (κ3) is 6.67. The Morgan fingerprint density at radius 2 is 1.72 bits per heavy atom. The second-order valence-electron chi connectivity index (χ2n) is 8.15. The summed E-state index contributed by atoms with van der Waals surface area (Å²) in [5.74, 6) is 2.62. The molecule has 0 spiro atoms. The molecule has 0 saturated heterocycles. The van der Waals surface area contributed by atoms with Crippen molar-refractivity contribution in [1.29, 1.82) is 0 Å². The number of halogens is 1. The second-order valence-corrected chi connectivity index (χ2v) is 8.52. The van der Waals surface area contributed by atoms with Gasteiger partial charge in [0.2, 0.25) is 0 Å². The molecule has 0 aliphatic rings. The van der Waals surface area contributed by atoms with Crippen LogP contribution in [0.5, 0.6) is 17.2 Å². The van der Waals surface area contributed by atoms with Gasteiger partial charge in [-0.05, 0) is 45.3 Å². The van der Waals surface area contributed by atoms with Crippen molar-refractivity contribution in [2.45, 2.75) is 6.92 Å². The van der Waals surface area contributed by atoms with Crippen LogP contribution < -0.4 is 29.7 Å². The van der Waals surface area contributed by atoms with E-state index in [0.29, 0.717) is 41.0 Å². The Morgan fingerprint density at radius 1 is 1.03 bits per heavy atom. The SMILES string of the molecule is COc1cc(OC)c(Cl)c(NC(=O)N(C)c2cc(Nc3ccc(OCCN(C)C)cc3)ncn2)c1C. The third-order valence-electron chi connectivity index (χ3n) is 5.35. The highest BCUT2D eigenvalue weighted by Crippen LogP contribution is 2.40. The summed E-state index contributed by atoms with van der Waals surface area (Å²) in [6.07, 6.45) is 1.38. The van der Waals surface area contributed by atoms with E-state index in [1.54, 1.807) is 26.1 Å². The number of likely N-dealkylation sites (N-methyl/N-ethyl adjacent to an activating group) is 1. The van der Waals surface area contributed by atoms with Gasteiger partial charge in [-0.15, -0.1) is 0 Å². The van der Waals surface area contributed by atoms with Gasteiger partial charge in [-0.25, -0.2) is 14.8 Å². The summed E-state index contributed by atoms with van der Waals surface area (Å²) >= 11 is 6.45. The lowest BCUT2D eigenvalue weighted by Gasteiger charge is -2.21. The number of anilines is 4. The molecule has 0 saturated carbocycles. The van der Waals surface area contributed by atoms with Crippen molar-refractivity contribution in [2.75, 3.05) is 64.0 Å². The number of aromatic nitrogens is 2. The number of methoxy groups -OCH3 is 2. The van der Waals surface area contributed by atoms with Crippen molar-refractivity contribution in [3.63, 3.8) is 0 Å². The minimum absolute atomic E-state index is 0.275. The highest BCUT2D eigenvalue weighted by molar-refractivity contribution is 6.35. The molecule has 3 rings (SSSR count). The maximum absolute atomic E-state index is 13.0. The van der Waals surface area contributed by atoms with Gasteiger partial charge in [0.15, 0.2) is 0 Å². The number of carbonyl (C=O) groups excluding carboxylic acids is 1. The fourth-order valence-corrected chi connectivity index (χ4v) is 3.55. The largest absolute Gasteiger partial charge is 0.496 e. The van der Waals surface area contributed by atoms with E-state index in [2.05, 4.69) is 25.5 Å². The van der Waals surface area contributed by atoms with E-state index in [0.717, 1.165) is 18.0 Å². The number of carbonyl (C=O) groups is 1. The van der Waals surface area contributed by atoms with Crippen LogP contribution >= 0.6 is 11.6 Å². The summed E-state index contributed by atoms with van der Waals surface area (Å²) in [6, 6.07) is 10.4. The van der Waals surface area contributed by atoms with Crippen LogP contribution in [0.2, 0.25) is 5.02 Å². The topological polar surface area (TPSA) is 101 Å². The molecular weight excluding hydrogens is 484 g/mol. The van der Waals surface area contributed by atoms with Gasteiger partial charge < -0.3 is 29.7 Å². The Kier molecular flexibility index (Phi) is 9.15. The Morgan fingerprint density at radius 3 is 2.36 bits per heavy atom. The zero-order valence-electron chi connectivity index (χ0n) is 21.3. The quantitative estimate of drug-likeness (QED) is 0.397. The molecule has 2 amide bonds. The predicted octanol–water partition coefficient (Wildman–Crippen LogP) is 4.81. The summed E-state index contributed by atoms with van der Waals surface area (Å²) < 4.78 is 16.4. The van der Waals surface area contributed by atoms with Gasteiger partial charge in [0.25, 0.3) is 0 Å². The summed E-state index contributed by atoms with van der Waals surface area (Å²) in [5.41, 5.74) is 1.88. The first-order valence-electron chi connectivity index (χ1n) is 11.2. The summed E-state index contributed by atoms with van der Waals surface area (Å²) in [6.45, 7) is 3.24. The molecule has 0 unspecified atom stereocenters. The van der Waals surface area contributed by atoms with Crippen LogP contribution in [0.4, 0.5) is 27.8 Å². The van der Waals surface area contributed by atoms with E-state index >= 15 is 0 Å². The van der Waals surface area contributed by atoms with Gasteiger partial charge >= 0.3 is 6.03 Å². The predicted molar refractivity (Wildman–Crippen MR) is 143 cm³/mol. The summed E-state index contributed by atoms with van der Waals surface area (Å²) in [5, 5.41) is 6.31. The van der Waals surface area contributed by atoms with E-state index in [1.165, 1.54) is 25.4 Å². The summed E-state index contributed by atoms with van der Waals surface area (Å²) in [4.78, 5) is 24.9. The zero-order valence-corrected chi connectivity index (χ0v) is 22.0. The fourth-order valence-electron chi connectivity index (χ4n) is 3.23. The number of urea groups is 1. The normalized spacial score (nSPS) is 10.7. The maximum atomic E-state index is 13.0.